The highest BCUT2D eigenvalue weighted by Crippen LogP contribution is 2.25. The van der Waals surface area contributed by atoms with Gasteiger partial charge in [0.05, 0.1) is 6.04 Å². The van der Waals surface area contributed by atoms with Crippen molar-refractivity contribution in [2.45, 2.75) is 25.8 Å². The van der Waals surface area contributed by atoms with Crippen molar-refractivity contribution in [3.8, 4) is 0 Å². The average molecular weight is 243 g/mol. The topological polar surface area (TPSA) is 20.1 Å². The van der Waals surface area contributed by atoms with Crippen molar-refractivity contribution < 1.29 is 18.0 Å². The summed E-state index contributed by atoms with van der Waals surface area (Å²) in [6, 6.07) is 1.32. The minimum Gasteiger partial charge on any atom is -0.336 e. The van der Waals surface area contributed by atoms with Crippen molar-refractivity contribution >= 4 is 5.91 Å². The molecule has 1 atom stereocenters. The number of carbonyl (C=O) groups is 1. The number of benzene rings is 1. The Labute approximate surface area is 97.0 Å². The van der Waals surface area contributed by atoms with E-state index in [0.717, 1.165) is 6.07 Å². The fraction of sp³-hybridized carbons (Fsp3) is 0.417. The van der Waals surface area contributed by atoms with Gasteiger partial charge in [-0.25, -0.2) is 13.2 Å². The maximum Gasteiger partial charge on any atom is 0.222 e. The van der Waals surface area contributed by atoms with Crippen LogP contribution in [0.5, 0.6) is 0 Å². The minimum atomic E-state index is -1.19. The van der Waals surface area contributed by atoms with E-state index in [1.165, 1.54) is 0 Å². The van der Waals surface area contributed by atoms with Gasteiger partial charge in [0.2, 0.25) is 5.91 Å². The highest BCUT2D eigenvalue weighted by Gasteiger charge is 2.37. The summed E-state index contributed by atoms with van der Waals surface area (Å²) in [6.45, 7) is 2.31. The molecule has 1 fully saturated rings. The zero-order valence-corrected chi connectivity index (χ0v) is 9.34. The van der Waals surface area contributed by atoms with Crippen molar-refractivity contribution in [3.05, 3.63) is 35.1 Å². The van der Waals surface area contributed by atoms with Gasteiger partial charge in [-0.1, -0.05) is 6.92 Å². The van der Waals surface area contributed by atoms with E-state index in [1.54, 1.807) is 11.8 Å². The average Bonchev–Trinajstić information content (AvgIpc) is 3.04. The normalized spacial score (nSPS) is 18.4. The van der Waals surface area contributed by atoms with Crippen LogP contribution in [0.4, 0.5) is 13.2 Å². The van der Waals surface area contributed by atoms with Gasteiger partial charge in [-0.3, -0.25) is 4.79 Å². The Morgan fingerprint density at radius 3 is 2.59 bits per heavy atom. The lowest BCUT2D eigenvalue weighted by molar-refractivity contribution is -0.125. The van der Waals surface area contributed by atoms with E-state index >= 15 is 0 Å². The molecule has 0 aromatic heterocycles. The number of halogens is 3. The van der Waals surface area contributed by atoms with Gasteiger partial charge in [-0.15, -0.1) is 0 Å². The van der Waals surface area contributed by atoms with Crippen LogP contribution in [0.1, 0.15) is 18.9 Å². The molecular weight excluding hydrogens is 231 g/mol. The summed E-state index contributed by atoms with van der Waals surface area (Å²) in [7, 11) is 0. The van der Waals surface area contributed by atoms with Crippen molar-refractivity contribution in [2.75, 3.05) is 6.54 Å². The Kier molecular flexibility index (Phi) is 3.09. The molecule has 0 aliphatic carbocycles. The second-order valence-electron chi connectivity index (χ2n) is 4.12. The van der Waals surface area contributed by atoms with Gasteiger partial charge >= 0.3 is 0 Å². The smallest absolute Gasteiger partial charge is 0.222 e. The van der Waals surface area contributed by atoms with Gasteiger partial charge in [0.15, 0.2) is 11.6 Å². The molecule has 92 valence electrons. The van der Waals surface area contributed by atoms with E-state index in [2.05, 4.69) is 0 Å². The Balaban J connectivity index is 2.06. The van der Waals surface area contributed by atoms with Gasteiger partial charge in [0.1, 0.15) is 5.82 Å². The predicted molar refractivity (Wildman–Crippen MR) is 55.8 cm³/mol. The van der Waals surface area contributed by atoms with Crippen LogP contribution in [0.25, 0.3) is 0 Å². The summed E-state index contributed by atoms with van der Waals surface area (Å²) < 4.78 is 38.9. The van der Waals surface area contributed by atoms with Gasteiger partial charge in [0, 0.05) is 19.0 Å². The first kappa shape index (κ1) is 12.0. The van der Waals surface area contributed by atoms with E-state index < -0.39 is 17.5 Å². The number of hydrogen-bond acceptors (Lipinski definition) is 1. The third-order valence-corrected chi connectivity index (χ3v) is 2.88. The summed E-state index contributed by atoms with van der Waals surface area (Å²) in [5.74, 6) is -3.02. The number of hydrogen-bond donors (Lipinski definition) is 0. The molecule has 0 saturated carbocycles. The maximum absolute atomic E-state index is 13.3. The molecule has 17 heavy (non-hydrogen) atoms. The second kappa shape index (κ2) is 4.39. The van der Waals surface area contributed by atoms with Crippen LogP contribution in [0, 0.1) is 17.5 Å². The Hall–Kier alpha value is -1.52. The standard InChI is InChI=1S/C12H12F3NO/c1-2-12(17)16-6-8(16)3-7-4-10(14)11(15)5-9(7)13/h4-5,8H,2-3,6H2,1H3/t8-,16?/m1/s1. The van der Waals surface area contributed by atoms with Gasteiger partial charge in [0.25, 0.3) is 0 Å². The molecule has 1 amide bonds. The molecule has 1 saturated heterocycles. The second-order valence-corrected chi connectivity index (χ2v) is 4.12. The van der Waals surface area contributed by atoms with Crippen molar-refractivity contribution in [2.24, 2.45) is 0 Å². The summed E-state index contributed by atoms with van der Waals surface area (Å²) in [5, 5.41) is 0. The Morgan fingerprint density at radius 1 is 1.29 bits per heavy atom. The lowest BCUT2D eigenvalue weighted by Gasteiger charge is -2.04. The number of carbonyl (C=O) groups excluding carboxylic acids is 1. The van der Waals surface area contributed by atoms with Crippen LogP contribution < -0.4 is 0 Å². The first-order valence-corrected chi connectivity index (χ1v) is 5.45. The molecule has 0 radical (unpaired) electrons. The van der Waals surface area contributed by atoms with Crippen molar-refractivity contribution in [3.63, 3.8) is 0 Å². The van der Waals surface area contributed by atoms with E-state index in [4.69, 9.17) is 0 Å². The van der Waals surface area contributed by atoms with Crippen LogP contribution in [-0.4, -0.2) is 23.4 Å². The fourth-order valence-electron chi connectivity index (χ4n) is 1.84. The lowest BCUT2D eigenvalue weighted by Crippen LogP contribution is -2.13. The van der Waals surface area contributed by atoms with Crippen LogP contribution in [0.15, 0.2) is 12.1 Å². The molecule has 5 heteroatoms. The fourth-order valence-corrected chi connectivity index (χ4v) is 1.84. The number of nitrogens with zero attached hydrogens (tertiary/aromatic N) is 1. The van der Waals surface area contributed by atoms with E-state index in [0.29, 0.717) is 19.0 Å². The molecule has 0 N–H and O–H groups in total. The molecule has 1 aliphatic heterocycles. The molecule has 1 heterocycles. The first-order chi connectivity index (χ1) is 8.02. The van der Waals surface area contributed by atoms with Crippen LogP contribution >= 0.6 is 0 Å². The van der Waals surface area contributed by atoms with Gasteiger partial charge in [-0.2, -0.15) is 0 Å². The zero-order valence-electron chi connectivity index (χ0n) is 9.34. The molecule has 2 nitrogen and oxygen atoms in total. The predicted octanol–water partition coefficient (Wildman–Crippen LogP) is 2.27. The van der Waals surface area contributed by atoms with Crippen LogP contribution in [0.3, 0.4) is 0 Å². The quantitative estimate of drug-likeness (QED) is 0.589. The van der Waals surface area contributed by atoms with E-state index in [1.807, 2.05) is 0 Å². The third kappa shape index (κ3) is 2.43. The van der Waals surface area contributed by atoms with Gasteiger partial charge < -0.3 is 4.90 Å². The number of amides is 1. The lowest BCUT2D eigenvalue weighted by atomic mass is 10.1. The summed E-state index contributed by atoms with van der Waals surface area (Å²) >= 11 is 0. The highest BCUT2D eigenvalue weighted by atomic mass is 19.2. The molecule has 0 unspecified atom stereocenters. The van der Waals surface area contributed by atoms with E-state index in [9.17, 15) is 18.0 Å². The van der Waals surface area contributed by atoms with Crippen LogP contribution in [0.2, 0.25) is 0 Å². The molecule has 0 spiro atoms. The summed E-state index contributed by atoms with van der Waals surface area (Å²) in [6.07, 6.45) is 0.630. The van der Waals surface area contributed by atoms with Crippen molar-refractivity contribution in [1.29, 1.82) is 0 Å². The van der Waals surface area contributed by atoms with Crippen molar-refractivity contribution in [1.82, 2.24) is 4.90 Å². The zero-order chi connectivity index (χ0) is 12.6. The molecular formula is C12H12F3NO. The monoisotopic (exact) mass is 243 g/mol. The molecule has 2 rings (SSSR count). The first-order valence-electron chi connectivity index (χ1n) is 5.45. The molecule has 1 aromatic rings. The summed E-state index contributed by atoms with van der Waals surface area (Å²) in [5.41, 5.74) is 0.111. The van der Waals surface area contributed by atoms with Gasteiger partial charge in [-0.05, 0) is 18.1 Å². The minimum absolute atomic E-state index is 0.00186. The molecule has 1 aromatic carbocycles. The molecule has 1 aliphatic rings. The van der Waals surface area contributed by atoms with E-state index in [-0.39, 0.29) is 23.9 Å². The largest absolute Gasteiger partial charge is 0.336 e. The number of rotatable bonds is 3. The third-order valence-electron chi connectivity index (χ3n) is 2.88. The Morgan fingerprint density at radius 2 is 1.94 bits per heavy atom. The maximum atomic E-state index is 13.3. The summed E-state index contributed by atoms with van der Waals surface area (Å²) in [4.78, 5) is 12.9. The molecule has 0 bridgehead atoms. The van der Waals surface area contributed by atoms with Crippen LogP contribution in [-0.2, 0) is 11.2 Å². The Bertz CT molecular complexity index is 461. The highest BCUT2D eigenvalue weighted by molar-refractivity contribution is 5.78. The SMILES string of the molecule is CCC(=O)N1C[C@H]1Cc1cc(F)c(F)cc1F.